The van der Waals surface area contributed by atoms with E-state index in [2.05, 4.69) is 11.4 Å². The van der Waals surface area contributed by atoms with Crippen molar-refractivity contribution in [2.24, 2.45) is 0 Å². The molecule has 1 aliphatic rings. The van der Waals surface area contributed by atoms with Gasteiger partial charge in [0.25, 0.3) is 0 Å². The summed E-state index contributed by atoms with van der Waals surface area (Å²) in [4.78, 5) is 11.3. The fraction of sp³-hybridized carbons (Fsp3) is 0.296. The average Bonchev–Trinajstić information content (AvgIpc) is 2.87. The number of methoxy groups -OCH3 is 1. The van der Waals surface area contributed by atoms with Crippen molar-refractivity contribution in [3.63, 3.8) is 0 Å². The van der Waals surface area contributed by atoms with Gasteiger partial charge in [-0.15, -0.1) is 0 Å². The standard InChI is InChI=1S/C27H29NO6/c1-32-26-14-19(8-11-24(26)27(30)31)18-9-12-25-20(13-18)7-10-23(34-25)16-28-15-21(29)17-33-22-5-3-2-4-6-22/h2-6,8-9,11-14,21,23,28-29H,7,10,15-17H2,1H3,(H,30,31)/t21-,23-/m0/s1. The van der Waals surface area contributed by atoms with Crippen molar-refractivity contribution >= 4 is 5.97 Å². The minimum Gasteiger partial charge on any atom is -0.496 e. The Bertz CT molecular complexity index is 1120. The first kappa shape index (κ1) is 23.6. The molecule has 0 amide bonds. The molecule has 1 heterocycles. The third kappa shape index (κ3) is 5.87. The van der Waals surface area contributed by atoms with E-state index >= 15 is 0 Å². The molecule has 34 heavy (non-hydrogen) atoms. The van der Waals surface area contributed by atoms with Crippen molar-refractivity contribution in [2.45, 2.75) is 25.0 Å². The lowest BCUT2D eigenvalue weighted by Gasteiger charge is -2.27. The van der Waals surface area contributed by atoms with Crippen molar-refractivity contribution in [3.05, 3.63) is 77.9 Å². The lowest BCUT2D eigenvalue weighted by molar-refractivity contribution is 0.0693. The summed E-state index contributed by atoms with van der Waals surface area (Å²) in [5.74, 6) is 0.910. The second kappa shape index (κ2) is 11.0. The summed E-state index contributed by atoms with van der Waals surface area (Å²) >= 11 is 0. The fourth-order valence-electron chi connectivity index (χ4n) is 3.99. The number of carboxylic acids is 1. The van der Waals surface area contributed by atoms with E-state index in [-0.39, 0.29) is 18.3 Å². The van der Waals surface area contributed by atoms with Gasteiger partial charge in [-0.3, -0.25) is 0 Å². The molecule has 3 aromatic carbocycles. The zero-order valence-electron chi connectivity index (χ0n) is 19.1. The van der Waals surface area contributed by atoms with Crippen LogP contribution in [-0.2, 0) is 6.42 Å². The summed E-state index contributed by atoms with van der Waals surface area (Å²) in [5, 5.41) is 22.7. The number of aryl methyl sites for hydroxylation is 1. The van der Waals surface area contributed by atoms with Crippen LogP contribution in [0.1, 0.15) is 22.3 Å². The average molecular weight is 464 g/mol. The van der Waals surface area contributed by atoms with Crippen LogP contribution in [-0.4, -0.2) is 55.2 Å². The number of aliphatic hydroxyl groups excluding tert-OH is 1. The molecule has 7 heteroatoms. The molecule has 2 atom stereocenters. The Labute approximate surface area is 198 Å². The van der Waals surface area contributed by atoms with Crippen LogP contribution in [0.4, 0.5) is 0 Å². The van der Waals surface area contributed by atoms with Crippen LogP contribution < -0.4 is 19.5 Å². The Morgan fingerprint density at radius 2 is 1.88 bits per heavy atom. The zero-order chi connectivity index (χ0) is 23.9. The molecule has 1 aliphatic heterocycles. The summed E-state index contributed by atoms with van der Waals surface area (Å²) in [5.41, 5.74) is 3.13. The number of fused-ring (bicyclic) bond motifs is 1. The normalized spacial score (nSPS) is 15.6. The number of carbonyl (C=O) groups is 1. The first-order chi connectivity index (χ1) is 16.5. The van der Waals surface area contributed by atoms with Crippen molar-refractivity contribution in [1.29, 1.82) is 0 Å². The van der Waals surface area contributed by atoms with Gasteiger partial charge in [0.15, 0.2) is 0 Å². The highest BCUT2D eigenvalue weighted by atomic mass is 16.5. The van der Waals surface area contributed by atoms with Crippen LogP contribution in [0.2, 0.25) is 0 Å². The van der Waals surface area contributed by atoms with E-state index in [4.69, 9.17) is 14.2 Å². The second-order valence-corrected chi connectivity index (χ2v) is 8.26. The van der Waals surface area contributed by atoms with E-state index in [1.165, 1.54) is 7.11 Å². The molecule has 0 spiro atoms. The van der Waals surface area contributed by atoms with Gasteiger partial charge in [0.2, 0.25) is 0 Å². The first-order valence-electron chi connectivity index (χ1n) is 11.3. The molecule has 0 aliphatic carbocycles. The monoisotopic (exact) mass is 463 g/mol. The van der Waals surface area contributed by atoms with Crippen molar-refractivity contribution in [2.75, 3.05) is 26.8 Å². The molecule has 178 valence electrons. The Hall–Kier alpha value is -3.55. The predicted molar refractivity (Wildman–Crippen MR) is 129 cm³/mol. The van der Waals surface area contributed by atoms with Gasteiger partial charge in [-0.1, -0.05) is 30.3 Å². The van der Waals surface area contributed by atoms with Crippen LogP contribution in [0, 0.1) is 0 Å². The molecule has 0 unspecified atom stereocenters. The third-order valence-corrected chi connectivity index (χ3v) is 5.79. The largest absolute Gasteiger partial charge is 0.496 e. The maximum atomic E-state index is 11.3. The molecule has 3 aromatic rings. The summed E-state index contributed by atoms with van der Waals surface area (Å²) < 4.78 is 17.0. The molecule has 0 saturated carbocycles. The number of para-hydroxylation sites is 1. The minimum atomic E-state index is -1.02. The molecule has 0 bridgehead atoms. The van der Waals surface area contributed by atoms with Crippen LogP contribution in [0.25, 0.3) is 11.1 Å². The maximum absolute atomic E-state index is 11.3. The number of nitrogens with one attached hydrogen (secondary N) is 1. The van der Waals surface area contributed by atoms with Gasteiger partial charge in [0.1, 0.15) is 41.6 Å². The maximum Gasteiger partial charge on any atom is 0.339 e. The number of aliphatic hydroxyl groups is 1. The summed E-state index contributed by atoms with van der Waals surface area (Å²) in [6, 6.07) is 20.5. The summed E-state index contributed by atoms with van der Waals surface area (Å²) in [7, 11) is 1.47. The molecule has 7 nitrogen and oxygen atoms in total. The number of ether oxygens (including phenoxy) is 3. The van der Waals surface area contributed by atoms with Crippen molar-refractivity contribution < 1.29 is 29.2 Å². The van der Waals surface area contributed by atoms with Gasteiger partial charge in [0.05, 0.1) is 7.11 Å². The van der Waals surface area contributed by atoms with E-state index in [1.54, 1.807) is 18.2 Å². The number of aromatic carboxylic acids is 1. The number of carboxylic acid groups (broad SMARTS) is 1. The highest BCUT2D eigenvalue weighted by molar-refractivity contribution is 5.92. The van der Waals surface area contributed by atoms with E-state index in [0.717, 1.165) is 41.0 Å². The lowest BCUT2D eigenvalue weighted by atomic mass is 9.96. The SMILES string of the molecule is COc1cc(-c2ccc3c(c2)CC[C@@H](CNC[C@H](O)COc2ccccc2)O3)ccc1C(=O)O. The van der Waals surface area contributed by atoms with Crippen molar-refractivity contribution in [1.82, 2.24) is 5.32 Å². The Balaban J connectivity index is 1.29. The van der Waals surface area contributed by atoms with Crippen molar-refractivity contribution in [3.8, 4) is 28.4 Å². The smallest absolute Gasteiger partial charge is 0.339 e. The van der Waals surface area contributed by atoms with E-state index in [1.807, 2.05) is 42.5 Å². The van der Waals surface area contributed by atoms with Gasteiger partial charge < -0.3 is 29.7 Å². The highest BCUT2D eigenvalue weighted by Crippen LogP contribution is 2.34. The van der Waals surface area contributed by atoms with Crippen LogP contribution >= 0.6 is 0 Å². The zero-order valence-corrected chi connectivity index (χ0v) is 19.1. The van der Waals surface area contributed by atoms with Crippen LogP contribution in [0.5, 0.6) is 17.2 Å². The predicted octanol–water partition coefficient (Wildman–Crippen LogP) is 3.78. The van der Waals surface area contributed by atoms with Crippen LogP contribution in [0.15, 0.2) is 66.7 Å². The number of hydrogen-bond donors (Lipinski definition) is 3. The minimum absolute atomic E-state index is 0.0236. The summed E-state index contributed by atoms with van der Waals surface area (Å²) in [6.45, 7) is 1.29. The van der Waals surface area contributed by atoms with Gasteiger partial charge >= 0.3 is 5.97 Å². The topological polar surface area (TPSA) is 97.3 Å². The van der Waals surface area contributed by atoms with Crippen LogP contribution in [0.3, 0.4) is 0 Å². The quantitative estimate of drug-likeness (QED) is 0.421. The number of rotatable bonds is 10. The molecule has 0 aromatic heterocycles. The molecule has 4 rings (SSSR count). The third-order valence-electron chi connectivity index (χ3n) is 5.79. The fourth-order valence-corrected chi connectivity index (χ4v) is 3.99. The molecule has 0 fully saturated rings. The Morgan fingerprint density at radius 3 is 2.65 bits per heavy atom. The highest BCUT2D eigenvalue weighted by Gasteiger charge is 2.21. The van der Waals surface area contributed by atoms with Gasteiger partial charge in [-0.05, 0) is 65.9 Å². The molecular formula is C27H29NO6. The van der Waals surface area contributed by atoms with E-state index in [0.29, 0.717) is 18.8 Å². The van der Waals surface area contributed by atoms with E-state index < -0.39 is 12.1 Å². The Kier molecular flexibility index (Phi) is 7.67. The second-order valence-electron chi connectivity index (χ2n) is 8.26. The molecule has 0 saturated heterocycles. The van der Waals surface area contributed by atoms with Gasteiger partial charge in [-0.25, -0.2) is 4.79 Å². The first-order valence-corrected chi connectivity index (χ1v) is 11.3. The summed E-state index contributed by atoms with van der Waals surface area (Å²) in [6.07, 6.45) is 1.15. The molecule has 3 N–H and O–H groups in total. The molecule has 0 radical (unpaired) electrons. The van der Waals surface area contributed by atoms with E-state index in [9.17, 15) is 15.0 Å². The Morgan fingerprint density at radius 1 is 1.12 bits per heavy atom. The number of hydrogen-bond acceptors (Lipinski definition) is 6. The van der Waals surface area contributed by atoms with Gasteiger partial charge in [-0.2, -0.15) is 0 Å². The van der Waals surface area contributed by atoms with Gasteiger partial charge in [0, 0.05) is 13.1 Å². The molecular weight excluding hydrogens is 434 g/mol. The lowest BCUT2D eigenvalue weighted by Crippen LogP contribution is -2.39. The number of benzene rings is 3.